The molecule has 1 aromatic heterocycles. The van der Waals surface area contributed by atoms with E-state index >= 15 is 0 Å². The summed E-state index contributed by atoms with van der Waals surface area (Å²) >= 11 is 0. The number of aryl methyl sites for hydroxylation is 2. The molecule has 1 heterocycles. The van der Waals surface area contributed by atoms with E-state index in [4.69, 9.17) is 9.26 Å². The summed E-state index contributed by atoms with van der Waals surface area (Å²) in [4.78, 5) is 4.24. The van der Waals surface area contributed by atoms with E-state index in [9.17, 15) is 5.11 Å². The Morgan fingerprint density at radius 2 is 2.20 bits per heavy atom. The van der Waals surface area contributed by atoms with Gasteiger partial charge in [0, 0.05) is 12.0 Å². The molecule has 5 nitrogen and oxygen atoms in total. The van der Waals surface area contributed by atoms with Crippen LogP contribution in [0, 0.1) is 6.92 Å². The van der Waals surface area contributed by atoms with Gasteiger partial charge in [0.05, 0.1) is 6.10 Å². The summed E-state index contributed by atoms with van der Waals surface area (Å²) in [5.41, 5.74) is 1.85. The van der Waals surface area contributed by atoms with E-state index in [1.54, 1.807) is 6.92 Å². The average molecular weight is 276 g/mol. The highest BCUT2D eigenvalue weighted by Crippen LogP contribution is 2.26. The average Bonchev–Trinajstić information content (AvgIpc) is 2.85. The van der Waals surface area contributed by atoms with Crippen molar-refractivity contribution in [3.8, 4) is 5.75 Å². The molecule has 0 aliphatic heterocycles. The van der Waals surface area contributed by atoms with Crippen molar-refractivity contribution in [1.29, 1.82) is 0 Å². The number of nitrogens with zero attached hydrogens (tertiary/aromatic N) is 2. The molecule has 2 aromatic rings. The van der Waals surface area contributed by atoms with Gasteiger partial charge in [0.25, 0.3) is 0 Å². The fraction of sp³-hybridized carbons (Fsp3) is 0.467. The van der Waals surface area contributed by atoms with Gasteiger partial charge in [-0.25, -0.2) is 0 Å². The first-order valence-corrected chi connectivity index (χ1v) is 6.83. The lowest BCUT2D eigenvalue weighted by atomic mass is 10.1. The van der Waals surface area contributed by atoms with Crippen molar-refractivity contribution >= 4 is 0 Å². The summed E-state index contributed by atoms with van der Waals surface area (Å²) in [5, 5.41) is 13.6. The monoisotopic (exact) mass is 276 g/mol. The Balaban J connectivity index is 2.06. The Labute approximate surface area is 118 Å². The van der Waals surface area contributed by atoms with Gasteiger partial charge >= 0.3 is 0 Å². The molecule has 0 aliphatic rings. The van der Waals surface area contributed by atoms with Crippen LogP contribution in [0.2, 0.25) is 0 Å². The van der Waals surface area contributed by atoms with E-state index in [-0.39, 0.29) is 6.61 Å². The minimum Gasteiger partial charge on any atom is -0.485 e. The van der Waals surface area contributed by atoms with Crippen molar-refractivity contribution < 1.29 is 14.4 Å². The number of benzene rings is 1. The number of hydrogen-bond acceptors (Lipinski definition) is 5. The first-order chi connectivity index (χ1) is 9.60. The fourth-order valence-corrected chi connectivity index (χ4v) is 1.93. The molecule has 20 heavy (non-hydrogen) atoms. The summed E-state index contributed by atoms with van der Waals surface area (Å²) < 4.78 is 10.8. The van der Waals surface area contributed by atoms with Crippen molar-refractivity contribution in [2.45, 2.75) is 46.3 Å². The van der Waals surface area contributed by atoms with Gasteiger partial charge in [0.15, 0.2) is 6.61 Å². The lowest BCUT2D eigenvalue weighted by Crippen LogP contribution is -2.02. The maximum atomic E-state index is 9.77. The molecule has 0 bridgehead atoms. The maximum absolute atomic E-state index is 9.77. The van der Waals surface area contributed by atoms with E-state index in [1.165, 1.54) is 0 Å². The number of aromatic nitrogens is 2. The molecule has 0 saturated heterocycles. The zero-order valence-electron chi connectivity index (χ0n) is 12.1. The van der Waals surface area contributed by atoms with Crippen molar-refractivity contribution in [2.75, 3.05) is 0 Å². The van der Waals surface area contributed by atoms with E-state index < -0.39 is 6.10 Å². The number of aliphatic hydroxyl groups is 1. The quantitative estimate of drug-likeness (QED) is 0.878. The van der Waals surface area contributed by atoms with Crippen molar-refractivity contribution in [3.63, 3.8) is 0 Å². The van der Waals surface area contributed by atoms with Crippen LogP contribution in [-0.4, -0.2) is 15.2 Å². The molecule has 0 radical (unpaired) electrons. The van der Waals surface area contributed by atoms with E-state index in [2.05, 4.69) is 17.1 Å². The fourth-order valence-electron chi connectivity index (χ4n) is 1.93. The van der Waals surface area contributed by atoms with E-state index in [0.717, 1.165) is 24.0 Å². The molecule has 0 aliphatic carbocycles. The molecule has 1 atom stereocenters. The molecule has 0 saturated carbocycles. The van der Waals surface area contributed by atoms with Crippen LogP contribution in [0.1, 0.15) is 49.2 Å². The Bertz CT molecular complexity index is 564. The molecular weight excluding hydrogens is 256 g/mol. The van der Waals surface area contributed by atoms with Gasteiger partial charge in [-0.2, -0.15) is 4.98 Å². The molecule has 108 valence electrons. The smallest absolute Gasteiger partial charge is 0.226 e. The zero-order valence-corrected chi connectivity index (χ0v) is 12.1. The van der Waals surface area contributed by atoms with Gasteiger partial charge in [0.2, 0.25) is 11.7 Å². The molecule has 1 aromatic carbocycles. The molecule has 0 unspecified atom stereocenters. The number of hydrogen-bond donors (Lipinski definition) is 1. The number of aliphatic hydroxyl groups excluding tert-OH is 1. The SMILES string of the molecule is CCCc1nc(COc2ccc(C)cc2[C@@H](C)O)no1. The molecule has 5 heteroatoms. The standard InChI is InChI=1S/C15H20N2O3/c1-4-5-15-16-14(17-20-15)9-19-13-7-6-10(2)8-12(13)11(3)18/h6-8,11,18H,4-5,9H2,1-3H3/t11-/m1/s1. The van der Waals surface area contributed by atoms with Crippen LogP contribution < -0.4 is 4.74 Å². The number of rotatable bonds is 6. The largest absolute Gasteiger partial charge is 0.485 e. The molecule has 0 fully saturated rings. The summed E-state index contributed by atoms with van der Waals surface area (Å²) in [6.07, 6.45) is 1.16. The Hall–Kier alpha value is -1.88. The lowest BCUT2D eigenvalue weighted by Gasteiger charge is -2.13. The predicted molar refractivity (Wildman–Crippen MR) is 74.4 cm³/mol. The molecular formula is C15H20N2O3. The van der Waals surface area contributed by atoms with Crippen LogP contribution in [0.4, 0.5) is 0 Å². The predicted octanol–water partition coefficient (Wildman–Crippen LogP) is 2.96. The Morgan fingerprint density at radius 3 is 2.90 bits per heavy atom. The minimum atomic E-state index is -0.578. The summed E-state index contributed by atoms with van der Waals surface area (Å²) in [6, 6.07) is 5.71. The van der Waals surface area contributed by atoms with Gasteiger partial charge in [0.1, 0.15) is 5.75 Å². The second kappa shape index (κ2) is 6.52. The highest BCUT2D eigenvalue weighted by atomic mass is 16.5. The van der Waals surface area contributed by atoms with Gasteiger partial charge in [-0.05, 0) is 32.4 Å². The summed E-state index contributed by atoms with van der Waals surface area (Å²) in [6.45, 7) is 5.98. The van der Waals surface area contributed by atoms with Crippen LogP contribution in [0.15, 0.2) is 22.7 Å². The van der Waals surface area contributed by atoms with Gasteiger partial charge in [-0.1, -0.05) is 23.7 Å². The van der Waals surface area contributed by atoms with Gasteiger partial charge < -0.3 is 14.4 Å². The normalized spacial score (nSPS) is 12.4. The number of ether oxygens (including phenoxy) is 1. The third-order valence-electron chi connectivity index (χ3n) is 2.95. The maximum Gasteiger partial charge on any atom is 0.226 e. The lowest BCUT2D eigenvalue weighted by molar-refractivity contribution is 0.189. The summed E-state index contributed by atoms with van der Waals surface area (Å²) in [7, 11) is 0. The molecule has 0 spiro atoms. The van der Waals surface area contributed by atoms with Crippen LogP contribution >= 0.6 is 0 Å². The third-order valence-corrected chi connectivity index (χ3v) is 2.95. The molecule has 0 amide bonds. The second-order valence-electron chi connectivity index (χ2n) is 4.86. The first-order valence-electron chi connectivity index (χ1n) is 6.83. The third kappa shape index (κ3) is 3.57. The molecule has 1 N–H and O–H groups in total. The minimum absolute atomic E-state index is 0.232. The van der Waals surface area contributed by atoms with E-state index in [1.807, 2.05) is 25.1 Å². The first kappa shape index (κ1) is 14.5. The van der Waals surface area contributed by atoms with Crippen LogP contribution in [-0.2, 0) is 13.0 Å². The van der Waals surface area contributed by atoms with Gasteiger partial charge in [-0.3, -0.25) is 0 Å². The highest BCUT2D eigenvalue weighted by molar-refractivity contribution is 5.38. The molecule has 2 rings (SSSR count). The zero-order chi connectivity index (χ0) is 14.5. The van der Waals surface area contributed by atoms with Gasteiger partial charge in [-0.15, -0.1) is 0 Å². The van der Waals surface area contributed by atoms with E-state index in [0.29, 0.717) is 17.5 Å². The second-order valence-corrected chi connectivity index (χ2v) is 4.86. The van der Waals surface area contributed by atoms with Crippen molar-refractivity contribution in [3.05, 3.63) is 41.0 Å². The van der Waals surface area contributed by atoms with Crippen LogP contribution in [0.5, 0.6) is 5.75 Å². The van der Waals surface area contributed by atoms with Crippen molar-refractivity contribution in [1.82, 2.24) is 10.1 Å². The highest BCUT2D eigenvalue weighted by Gasteiger charge is 2.11. The topological polar surface area (TPSA) is 68.4 Å². The van der Waals surface area contributed by atoms with Crippen LogP contribution in [0.3, 0.4) is 0 Å². The summed E-state index contributed by atoms with van der Waals surface area (Å²) in [5.74, 6) is 1.80. The van der Waals surface area contributed by atoms with Crippen molar-refractivity contribution in [2.24, 2.45) is 0 Å². The Kier molecular flexibility index (Phi) is 4.74. The van der Waals surface area contributed by atoms with Crippen LogP contribution in [0.25, 0.3) is 0 Å². The Morgan fingerprint density at radius 1 is 1.40 bits per heavy atom.